The van der Waals surface area contributed by atoms with E-state index in [4.69, 9.17) is 4.74 Å². The molecular formula is C12H17NO2. The lowest BCUT2D eigenvalue weighted by Crippen LogP contribution is -2.06. The van der Waals surface area contributed by atoms with Gasteiger partial charge in [-0.25, -0.2) is 4.79 Å². The summed E-state index contributed by atoms with van der Waals surface area (Å²) < 4.78 is 4.88. The van der Waals surface area contributed by atoms with Crippen molar-refractivity contribution < 1.29 is 9.53 Å². The SMILES string of the molecule is CCOC(=O)c1ccc(C(C)CC)nc1. The largest absolute Gasteiger partial charge is 0.462 e. The molecule has 82 valence electrons. The smallest absolute Gasteiger partial charge is 0.339 e. The first kappa shape index (κ1) is 11.7. The Labute approximate surface area is 90.5 Å². The molecular weight excluding hydrogens is 190 g/mol. The Morgan fingerprint density at radius 3 is 2.67 bits per heavy atom. The summed E-state index contributed by atoms with van der Waals surface area (Å²) in [5.74, 6) is 0.127. The van der Waals surface area contributed by atoms with Gasteiger partial charge in [-0.3, -0.25) is 4.98 Å². The molecule has 1 heterocycles. The molecule has 15 heavy (non-hydrogen) atoms. The predicted molar refractivity (Wildman–Crippen MR) is 58.9 cm³/mol. The monoisotopic (exact) mass is 207 g/mol. The minimum atomic E-state index is -0.305. The number of rotatable bonds is 4. The summed E-state index contributed by atoms with van der Waals surface area (Å²) >= 11 is 0. The molecule has 1 unspecified atom stereocenters. The fraction of sp³-hybridized carbons (Fsp3) is 0.500. The maximum Gasteiger partial charge on any atom is 0.339 e. The number of aromatic nitrogens is 1. The highest BCUT2D eigenvalue weighted by Gasteiger charge is 2.08. The Morgan fingerprint density at radius 2 is 2.20 bits per heavy atom. The van der Waals surface area contributed by atoms with E-state index in [2.05, 4.69) is 18.8 Å². The van der Waals surface area contributed by atoms with Crippen LogP contribution < -0.4 is 0 Å². The molecule has 0 fully saturated rings. The molecule has 1 aromatic heterocycles. The molecule has 0 aromatic carbocycles. The van der Waals surface area contributed by atoms with Gasteiger partial charge in [0.15, 0.2) is 0 Å². The summed E-state index contributed by atoms with van der Waals surface area (Å²) in [5.41, 5.74) is 1.54. The lowest BCUT2D eigenvalue weighted by molar-refractivity contribution is 0.0526. The number of carbonyl (C=O) groups is 1. The van der Waals surface area contributed by atoms with E-state index in [1.807, 2.05) is 6.07 Å². The molecule has 0 aliphatic rings. The van der Waals surface area contributed by atoms with Gasteiger partial charge in [0, 0.05) is 11.9 Å². The first-order chi connectivity index (χ1) is 7.19. The number of hydrogen-bond donors (Lipinski definition) is 0. The summed E-state index contributed by atoms with van der Waals surface area (Å²) in [5, 5.41) is 0. The average Bonchev–Trinajstić information content (AvgIpc) is 2.28. The molecule has 0 aliphatic heterocycles. The van der Waals surface area contributed by atoms with Crippen LogP contribution in [0.3, 0.4) is 0 Å². The van der Waals surface area contributed by atoms with Gasteiger partial charge in [-0.2, -0.15) is 0 Å². The van der Waals surface area contributed by atoms with Gasteiger partial charge >= 0.3 is 5.97 Å². The van der Waals surface area contributed by atoms with Crippen molar-refractivity contribution in [3.8, 4) is 0 Å². The second-order valence-electron chi connectivity index (χ2n) is 3.50. The maximum absolute atomic E-state index is 11.3. The molecule has 0 N–H and O–H groups in total. The Bertz CT molecular complexity index is 319. The molecule has 3 heteroatoms. The van der Waals surface area contributed by atoms with Crippen LogP contribution in [0.5, 0.6) is 0 Å². The summed E-state index contributed by atoms with van der Waals surface area (Å²) in [6.45, 7) is 6.42. The standard InChI is InChI=1S/C12H17NO2/c1-4-9(3)11-7-6-10(8-13-11)12(14)15-5-2/h6-9H,4-5H2,1-3H3. The summed E-state index contributed by atoms with van der Waals surface area (Å²) in [6.07, 6.45) is 2.63. The Kier molecular flexibility index (Phi) is 4.28. The number of ether oxygens (including phenoxy) is 1. The highest BCUT2D eigenvalue weighted by molar-refractivity contribution is 5.88. The number of pyridine rings is 1. The van der Waals surface area contributed by atoms with E-state index in [-0.39, 0.29) is 5.97 Å². The zero-order valence-electron chi connectivity index (χ0n) is 9.49. The van der Waals surface area contributed by atoms with Crippen LogP contribution in [0.1, 0.15) is 49.2 Å². The van der Waals surface area contributed by atoms with Crippen LogP contribution in [-0.2, 0) is 4.74 Å². The van der Waals surface area contributed by atoms with E-state index in [9.17, 15) is 4.79 Å². The molecule has 0 spiro atoms. The van der Waals surface area contributed by atoms with Gasteiger partial charge in [0.05, 0.1) is 12.2 Å². The molecule has 1 aromatic rings. The van der Waals surface area contributed by atoms with E-state index < -0.39 is 0 Å². The van der Waals surface area contributed by atoms with Crippen molar-refractivity contribution in [2.75, 3.05) is 6.61 Å². The van der Waals surface area contributed by atoms with Crippen molar-refractivity contribution >= 4 is 5.97 Å². The van der Waals surface area contributed by atoms with Crippen molar-refractivity contribution in [1.82, 2.24) is 4.98 Å². The van der Waals surface area contributed by atoms with Gasteiger partial charge in [-0.1, -0.05) is 13.8 Å². The number of nitrogens with zero attached hydrogens (tertiary/aromatic N) is 1. The molecule has 0 aliphatic carbocycles. The molecule has 1 atom stereocenters. The van der Waals surface area contributed by atoms with Crippen LogP contribution in [-0.4, -0.2) is 17.6 Å². The molecule has 1 rings (SSSR count). The maximum atomic E-state index is 11.3. The molecule has 3 nitrogen and oxygen atoms in total. The lowest BCUT2D eigenvalue weighted by Gasteiger charge is -2.08. The minimum absolute atomic E-state index is 0.305. The molecule has 0 amide bonds. The Hall–Kier alpha value is -1.38. The van der Waals surface area contributed by atoms with Gasteiger partial charge < -0.3 is 4.74 Å². The fourth-order valence-corrected chi connectivity index (χ4v) is 1.24. The predicted octanol–water partition coefficient (Wildman–Crippen LogP) is 2.77. The van der Waals surface area contributed by atoms with Crippen molar-refractivity contribution in [2.24, 2.45) is 0 Å². The zero-order valence-corrected chi connectivity index (χ0v) is 9.49. The third-order valence-electron chi connectivity index (χ3n) is 2.41. The van der Waals surface area contributed by atoms with Crippen LogP contribution in [0.15, 0.2) is 18.3 Å². The summed E-state index contributed by atoms with van der Waals surface area (Å²) in [4.78, 5) is 15.6. The Balaban J connectivity index is 2.76. The van der Waals surface area contributed by atoms with E-state index in [0.717, 1.165) is 12.1 Å². The number of carbonyl (C=O) groups excluding carboxylic acids is 1. The minimum Gasteiger partial charge on any atom is -0.462 e. The van der Waals surface area contributed by atoms with Crippen LogP contribution in [0.2, 0.25) is 0 Å². The van der Waals surface area contributed by atoms with E-state index in [0.29, 0.717) is 18.1 Å². The van der Waals surface area contributed by atoms with E-state index in [1.165, 1.54) is 0 Å². The number of hydrogen-bond acceptors (Lipinski definition) is 3. The zero-order chi connectivity index (χ0) is 11.3. The Morgan fingerprint density at radius 1 is 1.47 bits per heavy atom. The lowest BCUT2D eigenvalue weighted by atomic mass is 10.0. The second kappa shape index (κ2) is 5.49. The van der Waals surface area contributed by atoms with Gasteiger partial charge in [0.1, 0.15) is 0 Å². The molecule has 0 saturated heterocycles. The highest BCUT2D eigenvalue weighted by atomic mass is 16.5. The van der Waals surface area contributed by atoms with Crippen molar-refractivity contribution in [3.05, 3.63) is 29.6 Å². The second-order valence-corrected chi connectivity index (χ2v) is 3.50. The van der Waals surface area contributed by atoms with Crippen molar-refractivity contribution in [2.45, 2.75) is 33.1 Å². The highest BCUT2D eigenvalue weighted by Crippen LogP contribution is 2.16. The van der Waals surface area contributed by atoms with Gasteiger partial charge in [0.25, 0.3) is 0 Å². The van der Waals surface area contributed by atoms with Crippen LogP contribution in [0, 0.1) is 0 Å². The van der Waals surface area contributed by atoms with E-state index >= 15 is 0 Å². The topological polar surface area (TPSA) is 39.2 Å². The first-order valence-electron chi connectivity index (χ1n) is 5.32. The van der Waals surface area contributed by atoms with Gasteiger partial charge in [0.2, 0.25) is 0 Å². The summed E-state index contributed by atoms with van der Waals surface area (Å²) in [7, 11) is 0. The average molecular weight is 207 g/mol. The fourth-order valence-electron chi connectivity index (χ4n) is 1.24. The third kappa shape index (κ3) is 3.05. The molecule has 0 saturated carbocycles. The molecule has 0 bridgehead atoms. The number of esters is 1. The van der Waals surface area contributed by atoms with Crippen molar-refractivity contribution in [3.63, 3.8) is 0 Å². The van der Waals surface area contributed by atoms with Gasteiger partial charge in [-0.05, 0) is 31.4 Å². The van der Waals surface area contributed by atoms with Crippen LogP contribution in [0.4, 0.5) is 0 Å². The van der Waals surface area contributed by atoms with Gasteiger partial charge in [-0.15, -0.1) is 0 Å². The first-order valence-corrected chi connectivity index (χ1v) is 5.32. The van der Waals surface area contributed by atoms with E-state index in [1.54, 1.807) is 19.2 Å². The van der Waals surface area contributed by atoms with Crippen LogP contribution >= 0.6 is 0 Å². The van der Waals surface area contributed by atoms with Crippen LogP contribution in [0.25, 0.3) is 0 Å². The normalized spacial score (nSPS) is 12.2. The third-order valence-corrected chi connectivity index (χ3v) is 2.41. The van der Waals surface area contributed by atoms with Crippen molar-refractivity contribution in [1.29, 1.82) is 0 Å². The summed E-state index contributed by atoms with van der Waals surface area (Å²) in [6, 6.07) is 3.66. The molecule has 0 radical (unpaired) electrons. The quantitative estimate of drug-likeness (QED) is 0.713.